The third kappa shape index (κ3) is 3.71. The molecule has 2 atom stereocenters. The fourth-order valence-electron chi connectivity index (χ4n) is 1.64. The highest BCUT2D eigenvalue weighted by Gasteiger charge is 2.23. The van der Waals surface area contributed by atoms with Crippen LogP contribution in [0.3, 0.4) is 0 Å². The molecule has 102 valence electrons. The van der Waals surface area contributed by atoms with Crippen molar-refractivity contribution in [2.24, 2.45) is 5.73 Å². The maximum Gasteiger partial charge on any atom is 0.154 e. The van der Waals surface area contributed by atoms with Gasteiger partial charge in [-0.15, -0.1) is 0 Å². The van der Waals surface area contributed by atoms with Gasteiger partial charge in [0.1, 0.15) is 5.75 Å². The van der Waals surface area contributed by atoms with Crippen LogP contribution in [-0.4, -0.2) is 26.5 Å². The molecular formula is C13H21NO3S. The SMILES string of the molecule is CCC(C)S(=O)(=O)CC(N)c1cccc(OC)c1. The molecule has 0 aliphatic rings. The van der Waals surface area contributed by atoms with Gasteiger partial charge >= 0.3 is 0 Å². The Hall–Kier alpha value is -1.07. The van der Waals surface area contributed by atoms with Gasteiger partial charge in [0.2, 0.25) is 0 Å². The summed E-state index contributed by atoms with van der Waals surface area (Å²) in [5, 5.41) is -0.353. The molecule has 4 nitrogen and oxygen atoms in total. The van der Waals surface area contributed by atoms with Gasteiger partial charge in [-0.05, 0) is 31.0 Å². The van der Waals surface area contributed by atoms with E-state index in [9.17, 15) is 8.42 Å². The van der Waals surface area contributed by atoms with Crippen molar-refractivity contribution in [2.75, 3.05) is 12.9 Å². The quantitative estimate of drug-likeness (QED) is 0.858. The van der Waals surface area contributed by atoms with Crippen LogP contribution < -0.4 is 10.5 Å². The highest BCUT2D eigenvalue weighted by Crippen LogP contribution is 2.20. The Morgan fingerprint density at radius 2 is 2.06 bits per heavy atom. The molecule has 5 heteroatoms. The lowest BCUT2D eigenvalue weighted by molar-refractivity contribution is 0.414. The van der Waals surface area contributed by atoms with Crippen LogP contribution in [-0.2, 0) is 9.84 Å². The summed E-state index contributed by atoms with van der Waals surface area (Å²) in [7, 11) is -1.57. The molecule has 1 aromatic rings. The number of ether oxygens (including phenoxy) is 1. The summed E-state index contributed by atoms with van der Waals surface area (Å²) in [5.74, 6) is 0.652. The van der Waals surface area contributed by atoms with Crippen LogP contribution in [0.15, 0.2) is 24.3 Å². The summed E-state index contributed by atoms with van der Waals surface area (Å²) in [6.45, 7) is 3.58. The topological polar surface area (TPSA) is 69.4 Å². The Morgan fingerprint density at radius 3 is 2.61 bits per heavy atom. The normalized spacial score (nSPS) is 15.1. The van der Waals surface area contributed by atoms with Crippen molar-refractivity contribution in [3.8, 4) is 5.75 Å². The van der Waals surface area contributed by atoms with Crippen molar-refractivity contribution >= 4 is 9.84 Å². The molecule has 0 aliphatic carbocycles. The molecule has 0 fully saturated rings. The average Bonchev–Trinajstić information content (AvgIpc) is 2.37. The fourth-order valence-corrected chi connectivity index (χ4v) is 3.17. The van der Waals surface area contributed by atoms with E-state index in [1.165, 1.54) is 0 Å². The third-order valence-electron chi connectivity index (χ3n) is 3.12. The molecule has 2 N–H and O–H groups in total. The van der Waals surface area contributed by atoms with Crippen molar-refractivity contribution < 1.29 is 13.2 Å². The molecular weight excluding hydrogens is 250 g/mol. The fraction of sp³-hybridized carbons (Fsp3) is 0.538. The first-order valence-corrected chi connectivity index (χ1v) is 7.73. The maximum atomic E-state index is 12.0. The first kappa shape index (κ1) is 15.0. The molecule has 18 heavy (non-hydrogen) atoms. The van der Waals surface area contributed by atoms with Crippen LogP contribution in [0.2, 0.25) is 0 Å². The van der Waals surface area contributed by atoms with Gasteiger partial charge in [-0.25, -0.2) is 8.42 Å². The van der Waals surface area contributed by atoms with E-state index in [-0.39, 0.29) is 11.0 Å². The summed E-state index contributed by atoms with van der Waals surface area (Å²) in [6.07, 6.45) is 0.604. The first-order chi connectivity index (χ1) is 8.40. The minimum atomic E-state index is -3.14. The van der Waals surface area contributed by atoms with E-state index < -0.39 is 15.9 Å². The predicted molar refractivity (Wildman–Crippen MR) is 73.5 cm³/mol. The Morgan fingerprint density at radius 1 is 1.39 bits per heavy atom. The monoisotopic (exact) mass is 271 g/mol. The smallest absolute Gasteiger partial charge is 0.154 e. The molecule has 0 spiro atoms. The molecule has 0 radical (unpaired) electrons. The summed E-state index contributed by atoms with van der Waals surface area (Å²) < 4.78 is 29.1. The molecule has 1 rings (SSSR count). The molecule has 1 aromatic carbocycles. The average molecular weight is 271 g/mol. The highest BCUT2D eigenvalue weighted by molar-refractivity contribution is 7.92. The van der Waals surface area contributed by atoms with Crippen molar-refractivity contribution in [1.82, 2.24) is 0 Å². The number of benzene rings is 1. The number of nitrogens with two attached hydrogens (primary N) is 1. The molecule has 0 bridgehead atoms. The number of hydrogen-bond donors (Lipinski definition) is 1. The lowest BCUT2D eigenvalue weighted by Gasteiger charge is -2.16. The molecule has 0 saturated heterocycles. The Kier molecular flexibility index (Phi) is 5.16. The lowest BCUT2D eigenvalue weighted by Crippen LogP contribution is -2.28. The highest BCUT2D eigenvalue weighted by atomic mass is 32.2. The largest absolute Gasteiger partial charge is 0.497 e. The summed E-state index contributed by atoms with van der Waals surface area (Å²) in [5.41, 5.74) is 6.74. The second-order valence-corrected chi connectivity index (χ2v) is 6.90. The summed E-state index contributed by atoms with van der Waals surface area (Å²) in [4.78, 5) is 0. The number of methoxy groups -OCH3 is 1. The first-order valence-electron chi connectivity index (χ1n) is 6.01. The zero-order valence-corrected chi connectivity index (χ0v) is 11.9. The van der Waals surface area contributed by atoms with Crippen molar-refractivity contribution in [2.45, 2.75) is 31.6 Å². The van der Waals surface area contributed by atoms with Crippen molar-refractivity contribution in [1.29, 1.82) is 0 Å². The van der Waals surface area contributed by atoms with Crippen LogP contribution in [0, 0.1) is 0 Å². The van der Waals surface area contributed by atoms with Gasteiger partial charge in [-0.2, -0.15) is 0 Å². The minimum Gasteiger partial charge on any atom is -0.497 e. The van der Waals surface area contributed by atoms with E-state index in [1.807, 2.05) is 19.1 Å². The number of hydrogen-bond acceptors (Lipinski definition) is 4. The Bertz CT molecular complexity index is 485. The van der Waals surface area contributed by atoms with Crippen LogP contribution in [0.1, 0.15) is 31.9 Å². The van der Waals surface area contributed by atoms with E-state index >= 15 is 0 Å². The maximum absolute atomic E-state index is 12.0. The van der Waals surface area contributed by atoms with Crippen LogP contribution in [0.4, 0.5) is 0 Å². The minimum absolute atomic E-state index is 0.0326. The molecule has 2 unspecified atom stereocenters. The van der Waals surface area contributed by atoms with Gasteiger partial charge in [-0.3, -0.25) is 0 Å². The molecule has 0 saturated carbocycles. The van der Waals surface area contributed by atoms with Gasteiger partial charge in [0.15, 0.2) is 9.84 Å². The molecule has 0 aliphatic heterocycles. The van der Waals surface area contributed by atoms with Crippen LogP contribution in [0.25, 0.3) is 0 Å². The predicted octanol–water partition coefficient (Wildman–Crippen LogP) is 1.91. The van der Waals surface area contributed by atoms with E-state index in [1.54, 1.807) is 26.2 Å². The van der Waals surface area contributed by atoms with E-state index in [0.717, 1.165) is 5.56 Å². The summed E-state index contributed by atoms with van der Waals surface area (Å²) in [6, 6.07) is 6.69. The zero-order valence-electron chi connectivity index (χ0n) is 11.1. The van der Waals surface area contributed by atoms with E-state index in [4.69, 9.17) is 10.5 Å². The lowest BCUT2D eigenvalue weighted by atomic mass is 10.1. The van der Waals surface area contributed by atoms with Gasteiger partial charge in [0.05, 0.1) is 18.1 Å². The van der Waals surface area contributed by atoms with E-state index in [0.29, 0.717) is 12.2 Å². The van der Waals surface area contributed by atoms with Gasteiger partial charge < -0.3 is 10.5 Å². The summed E-state index contributed by atoms with van der Waals surface area (Å²) >= 11 is 0. The van der Waals surface area contributed by atoms with Crippen molar-refractivity contribution in [3.05, 3.63) is 29.8 Å². The van der Waals surface area contributed by atoms with Gasteiger partial charge in [0.25, 0.3) is 0 Å². The van der Waals surface area contributed by atoms with E-state index in [2.05, 4.69) is 0 Å². The zero-order chi connectivity index (χ0) is 13.8. The molecule has 0 heterocycles. The molecule has 0 amide bonds. The number of rotatable bonds is 6. The molecule has 0 aromatic heterocycles. The second-order valence-electron chi connectivity index (χ2n) is 4.43. The van der Waals surface area contributed by atoms with Crippen molar-refractivity contribution in [3.63, 3.8) is 0 Å². The second kappa shape index (κ2) is 6.20. The van der Waals surface area contributed by atoms with Gasteiger partial charge in [-0.1, -0.05) is 19.1 Å². The Labute approximate surface area is 109 Å². The van der Waals surface area contributed by atoms with Gasteiger partial charge in [0, 0.05) is 6.04 Å². The van der Waals surface area contributed by atoms with Crippen LogP contribution >= 0.6 is 0 Å². The third-order valence-corrected chi connectivity index (χ3v) is 5.50. The standard InChI is InChI=1S/C13H21NO3S/c1-4-10(2)18(15,16)9-13(14)11-6-5-7-12(8-11)17-3/h5-8,10,13H,4,9,14H2,1-3H3. The number of sulfone groups is 1. The Balaban J connectivity index is 2.85. The van der Waals surface area contributed by atoms with Crippen LogP contribution in [0.5, 0.6) is 5.75 Å².